The topological polar surface area (TPSA) is 55.1 Å². The first-order valence-corrected chi connectivity index (χ1v) is 5.66. The minimum Gasteiger partial charge on any atom is -0.294 e. The van der Waals surface area contributed by atoms with Crippen molar-refractivity contribution in [2.45, 2.75) is 19.3 Å². The fraction of sp³-hybridized carbons (Fsp3) is 0.308. The molecule has 1 aliphatic carbocycles. The van der Waals surface area contributed by atoms with Crippen molar-refractivity contribution in [3.8, 4) is 0 Å². The summed E-state index contributed by atoms with van der Waals surface area (Å²) < 4.78 is 12.8. The summed E-state index contributed by atoms with van der Waals surface area (Å²) in [5, 5.41) is 0. The molecule has 0 saturated heterocycles. The van der Waals surface area contributed by atoms with E-state index in [2.05, 4.69) is 5.43 Å². The van der Waals surface area contributed by atoms with Gasteiger partial charge in [-0.25, -0.2) is 10.2 Å². The number of allylic oxidation sites excluding steroid dienone is 2. The van der Waals surface area contributed by atoms with Gasteiger partial charge in [0.2, 0.25) is 5.91 Å². The third-order valence-corrected chi connectivity index (χ3v) is 3.14. The Bertz CT molecular complexity index is 439. The zero-order chi connectivity index (χ0) is 12.3. The van der Waals surface area contributed by atoms with E-state index in [4.69, 9.17) is 5.84 Å². The summed E-state index contributed by atoms with van der Waals surface area (Å²) in [4.78, 5) is 11.3. The number of hydrogen-bond acceptors (Lipinski definition) is 2. The molecule has 2 rings (SSSR count). The minimum absolute atomic E-state index is 0.0378. The van der Waals surface area contributed by atoms with Crippen molar-refractivity contribution in [2.24, 2.45) is 11.8 Å². The Morgan fingerprint density at radius 3 is 2.59 bits per heavy atom. The molecule has 3 nitrogen and oxygen atoms in total. The predicted molar refractivity (Wildman–Crippen MR) is 64.0 cm³/mol. The molecule has 90 valence electrons. The van der Waals surface area contributed by atoms with Crippen LogP contribution in [-0.4, -0.2) is 5.91 Å². The highest BCUT2D eigenvalue weighted by Gasteiger charge is 2.21. The molecule has 17 heavy (non-hydrogen) atoms. The first-order chi connectivity index (χ1) is 8.20. The zero-order valence-corrected chi connectivity index (χ0v) is 9.45. The third-order valence-electron chi connectivity index (χ3n) is 3.14. The molecule has 1 amide bonds. The van der Waals surface area contributed by atoms with Crippen LogP contribution in [0.5, 0.6) is 0 Å². The molecule has 1 atom stereocenters. The average Bonchev–Trinajstić information content (AvgIpc) is 2.39. The van der Waals surface area contributed by atoms with Crippen LogP contribution in [-0.2, 0) is 4.79 Å². The van der Waals surface area contributed by atoms with Crippen molar-refractivity contribution in [1.82, 2.24) is 5.43 Å². The SMILES string of the molecule is NNC(=O)[C@H]1CC=C(c2ccc(F)cc2)CC1. The van der Waals surface area contributed by atoms with E-state index in [0.717, 1.165) is 18.4 Å². The molecule has 0 saturated carbocycles. The highest BCUT2D eigenvalue weighted by Crippen LogP contribution is 2.30. The van der Waals surface area contributed by atoms with E-state index in [1.165, 1.54) is 17.7 Å². The molecular weight excluding hydrogens is 219 g/mol. The number of amides is 1. The lowest BCUT2D eigenvalue weighted by Crippen LogP contribution is -2.36. The number of benzene rings is 1. The number of carbonyl (C=O) groups excluding carboxylic acids is 1. The summed E-state index contributed by atoms with van der Waals surface area (Å²) in [7, 11) is 0. The van der Waals surface area contributed by atoms with Gasteiger partial charge in [-0.2, -0.15) is 0 Å². The molecular formula is C13H15FN2O. The fourth-order valence-electron chi connectivity index (χ4n) is 2.12. The number of nitrogens with two attached hydrogens (primary N) is 1. The Morgan fingerprint density at radius 1 is 1.35 bits per heavy atom. The first kappa shape index (κ1) is 11.8. The number of rotatable bonds is 2. The Kier molecular flexibility index (Phi) is 3.54. The minimum atomic E-state index is -0.231. The van der Waals surface area contributed by atoms with Gasteiger partial charge in [0.15, 0.2) is 0 Å². The molecule has 0 heterocycles. The summed E-state index contributed by atoms with van der Waals surface area (Å²) >= 11 is 0. The van der Waals surface area contributed by atoms with E-state index in [0.29, 0.717) is 6.42 Å². The molecule has 1 aliphatic rings. The second kappa shape index (κ2) is 5.10. The van der Waals surface area contributed by atoms with Gasteiger partial charge in [0, 0.05) is 5.92 Å². The maximum atomic E-state index is 12.8. The maximum absolute atomic E-state index is 12.8. The number of halogens is 1. The Morgan fingerprint density at radius 2 is 2.06 bits per heavy atom. The third kappa shape index (κ3) is 2.71. The van der Waals surface area contributed by atoms with Crippen molar-refractivity contribution >= 4 is 11.5 Å². The van der Waals surface area contributed by atoms with Crippen LogP contribution in [0.15, 0.2) is 30.3 Å². The lowest BCUT2D eigenvalue weighted by Gasteiger charge is -2.20. The van der Waals surface area contributed by atoms with Gasteiger partial charge in [0.25, 0.3) is 0 Å². The number of carbonyl (C=O) groups is 1. The van der Waals surface area contributed by atoms with E-state index >= 15 is 0 Å². The van der Waals surface area contributed by atoms with E-state index in [1.807, 2.05) is 6.08 Å². The molecule has 0 bridgehead atoms. The second-order valence-electron chi connectivity index (χ2n) is 4.22. The largest absolute Gasteiger partial charge is 0.294 e. The lowest BCUT2D eigenvalue weighted by atomic mass is 9.86. The Balaban J connectivity index is 2.08. The fourth-order valence-corrected chi connectivity index (χ4v) is 2.12. The summed E-state index contributed by atoms with van der Waals surface area (Å²) in [6.07, 6.45) is 4.34. The molecule has 0 aromatic heterocycles. The second-order valence-corrected chi connectivity index (χ2v) is 4.22. The standard InChI is InChI=1S/C13H15FN2O/c14-12-7-5-10(6-8-12)9-1-3-11(4-2-9)13(17)16-15/h1,5-8,11H,2-4,15H2,(H,16,17)/t11-/m0/s1. The van der Waals surface area contributed by atoms with Crippen molar-refractivity contribution < 1.29 is 9.18 Å². The zero-order valence-electron chi connectivity index (χ0n) is 9.45. The van der Waals surface area contributed by atoms with Gasteiger partial charge >= 0.3 is 0 Å². The van der Waals surface area contributed by atoms with Crippen LogP contribution in [0.2, 0.25) is 0 Å². The summed E-state index contributed by atoms with van der Waals surface area (Å²) in [6.45, 7) is 0. The van der Waals surface area contributed by atoms with Gasteiger partial charge in [-0.05, 0) is 42.5 Å². The number of hydrogen-bond donors (Lipinski definition) is 2. The quantitative estimate of drug-likeness (QED) is 0.467. The normalized spacial score (nSPS) is 19.6. The van der Waals surface area contributed by atoms with Gasteiger partial charge < -0.3 is 0 Å². The van der Waals surface area contributed by atoms with Crippen molar-refractivity contribution in [3.63, 3.8) is 0 Å². The van der Waals surface area contributed by atoms with Crippen molar-refractivity contribution in [3.05, 3.63) is 41.7 Å². The van der Waals surface area contributed by atoms with Crippen molar-refractivity contribution in [1.29, 1.82) is 0 Å². The van der Waals surface area contributed by atoms with E-state index in [1.54, 1.807) is 12.1 Å². The maximum Gasteiger partial charge on any atom is 0.237 e. The molecule has 3 N–H and O–H groups in total. The Hall–Kier alpha value is -1.68. The van der Waals surface area contributed by atoms with Crippen LogP contribution in [0.3, 0.4) is 0 Å². The monoisotopic (exact) mass is 234 g/mol. The Labute approximate surface area is 99.5 Å². The van der Waals surface area contributed by atoms with E-state index < -0.39 is 0 Å². The van der Waals surface area contributed by atoms with Gasteiger partial charge in [0.1, 0.15) is 5.82 Å². The van der Waals surface area contributed by atoms with E-state index in [-0.39, 0.29) is 17.6 Å². The van der Waals surface area contributed by atoms with Gasteiger partial charge in [-0.3, -0.25) is 10.2 Å². The smallest absolute Gasteiger partial charge is 0.237 e. The van der Waals surface area contributed by atoms with Crippen LogP contribution >= 0.6 is 0 Å². The van der Waals surface area contributed by atoms with Gasteiger partial charge in [-0.1, -0.05) is 18.2 Å². The van der Waals surface area contributed by atoms with Crippen molar-refractivity contribution in [2.75, 3.05) is 0 Å². The van der Waals surface area contributed by atoms with Crippen LogP contribution in [0, 0.1) is 11.7 Å². The van der Waals surface area contributed by atoms with E-state index in [9.17, 15) is 9.18 Å². The first-order valence-electron chi connectivity index (χ1n) is 5.66. The number of hydrazine groups is 1. The van der Waals surface area contributed by atoms with Gasteiger partial charge in [-0.15, -0.1) is 0 Å². The van der Waals surface area contributed by atoms with Crippen LogP contribution < -0.4 is 11.3 Å². The highest BCUT2D eigenvalue weighted by atomic mass is 19.1. The molecule has 0 radical (unpaired) electrons. The predicted octanol–water partition coefficient (Wildman–Crippen LogP) is 2.00. The summed E-state index contributed by atoms with van der Waals surface area (Å²) in [5.41, 5.74) is 4.38. The summed E-state index contributed by atoms with van der Waals surface area (Å²) in [5.74, 6) is 4.72. The summed E-state index contributed by atoms with van der Waals surface area (Å²) in [6, 6.07) is 6.44. The van der Waals surface area contributed by atoms with Crippen LogP contribution in [0.25, 0.3) is 5.57 Å². The molecule has 1 aromatic rings. The average molecular weight is 234 g/mol. The molecule has 1 aromatic carbocycles. The molecule has 0 unspecified atom stereocenters. The number of nitrogens with one attached hydrogen (secondary N) is 1. The molecule has 0 aliphatic heterocycles. The highest BCUT2D eigenvalue weighted by molar-refractivity contribution is 5.80. The molecule has 0 spiro atoms. The molecule has 0 fully saturated rings. The lowest BCUT2D eigenvalue weighted by molar-refractivity contribution is -0.125. The van der Waals surface area contributed by atoms with Crippen LogP contribution in [0.1, 0.15) is 24.8 Å². The van der Waals surface area contributed by atoms with Crippen LogP contribution in [0.4, 0.5) is 4.39 Å². The molecule has 4 heteroatoms. The van der Waals surface area contributed by atoms with Gasteiger partial charge in [0.05, 0.1) is 0 Å².